The van der Waals surface area contributed by atoms with Crippen LogP contribution in [-0.4, -0.2) is 31.7 Å². The number of aryl methyl sites for hydroxylation is 1. The van der Waals surface area contributed by atoms with Crippen LogP contribution in [0.15, 0.2) is 59.5 Å². The Kier molecular flexibility index (Phi) is 8.83. The number of aliphatic imine (C=N–C) groups is 1. The van der Waals surface area contributed by atoms with E-state index in [0.29, 0.717) is 40.9 Å². The van der Waals surface area contributed by atoms with Gasteiger partial charge in [0.15, 0.2) is 11.6 Å². The Morgan fingerprint density at radius 2 is 1.86 bits per heavy atom. The van der Waals surface area contributed by atoms with Crippen molar-refractivity contribution in [2.24, 2.45) is 16.5 Å². The van der Waals surface area contributed by atoms with Gasteiger partial charge in [-0.05, 0) is 62.4 Å². The highest BCUT2D eigenvalue weighted by atomic mass is 16.1. The van der Waals surface area contributed by atoms with Crippen molar-refractivity contribution in [1.82, 2.24) is 25.3 Å². The van der Waals surface area contributed by atoms with Gasteiger partial charge in [0.2, 0.25) is 0 Å². The van der Waals surface area contributed by atoms with Gasteiger partial charge in [0.25, 0.3) is 5.91 Å². The van der Waals surface area contributed by atoms with Gasteiger partial charge in [-0.3, -0.25) is 14.8 Å². The van der Waals surface area contributed by atoms with Gasteiger partial charge in [0.05, 0.1) is 6.04 Å². The zero-order chi connectivity index (χ0) is 26.2. The highest BCUT2D eigenvalue weighted by molar-refractivity contribution is 5.94. The van der Waals surface area contributed by atoms with E-state index in [1.807, 2.05) is 39.1 Å². The number of nitrogens with two attached hydrogens (primary N) is 2. The quantitative estimate of drug-likeness (QED) is 0.298. The minimum Gasteiger partial charge on any atom is -0.402 e. The number of nitrogens with one attached hydrogen (secondary N) is 1. The number of rotatable bonds is 9. The van der Waals surface area contributed by atoms with Gasteiger partial charge in [0.1, 0.15) is 11.5 Å². The summed E-state index contributed by atoms with van der Waals surface area (Å²) in [5, 5.41) is 2.97. The van der Waals surface area contributed by atoms with Gasteiger partial charge < -0.3 is 16.8 Å². The third-order valence-electron chi connectivity index (χ3n) is 5.85. The predicted molar refractivity (Wildman–Crippen MR) is 143 cm³/mol. The molecule has 0 radical (unpaired) electrons. The van der Waals surface area contributed by atoms with Crippen molar-refractivity contribution in [3.8, 4) is 11.4 Å². The zero-order valence-electron chi connectivity index (χ0n) is 21.5. The van der Waals surface area contributed by atoms with Crippen molar-refractivity contribution in [3.63, 3.8) is 0 Å². The lowest BCUT2D eigenvalue weighted by Crippen LogP contribution is -2.27. The summed E-state index contributed by atoms with van der Waals surface area (Å²) in [5.41, 5.74) is 16.1. The first-order valence-electron chi connectivity index (χ1n) is 12.1. The summed E-state index contributed by atoms with van der Waals surface area (Å²) in [5.74, 6) is 1.25. The number of aromatic nitrogens is 4. The van der Waals surface area contributed by atoms with E-state index in [1.54, 1.807) is 30.5 Å². The molecule has 0 aliphatic carbocycles. The number of amidine groups is 1. The zero-order valence-corrected chi connectivity index (χ0v) is 21.5. The van der Waals surface area contributed by atoms with E-state index < -0.39 is 0 Å². The SMILES string of the molecule is CC/C(N)=C/C(N)=Nc1cc(C)nc(-c2ccc(C(=O)NC(C)c3ccc(C(C)CC)nc3)nc2)n1. The van der Waals surface area contributed by atoms with Gasteiger partial charge in [-0.1, -0.05) is 26.8 Å². The number of hydrogen-bond donors (Lipinski definition) is 3. The first-order chi connectivity index (χ1) is 17.2. The smallest absolute Gasteiger partial charge is 0.270 e. The standard InChI is InChI=1S/C27H34N8O/c1-6-16(3)22-10-8-19(14-30-22)18(5)33-27(36)23-11-9-20(15-31-23)26-32-17(4)12-25(35-26)34-24(29)13-21(28)7-2/h8-16,18H,6-7,28H2,1-5H3,(H,33,36)(H2,29,32,34,35)/b21-13-. The maximum Gasteiger partial charge on any atom is 0.270 e. The highest BCUT2D eigenvalue weighted by Crippen LogP contribution is 2.21. The molecule has 1 amide bonds. The lowest BCUT2D eigenvalue weighted by Gasteiger charge is -2.15. The summed E-state index contributed by atoms with van der Waals surface area (Å²) in [4.78, 5) is 34.9. The molecular weight excluding hydrogens is 452 g/mol. The molecule has 0 aromatic carbocycles. The van der Waals surface area contributed by atoms with Crippen LogP contribution >= 0.6 is 0 Å². The van der Waals surface area contributed by atoms with E-state index in [4.69, 9.17) is 11.5 Å². The van der Waals surface area contributed by atoms with E-state index >= 15 is 0 Å². The summed E-state index contributed by atoms with van der Waals surface area (Å²) < 4.78 is 0. The van der Waals surface area contributed by atoms with Crippen LogP contribution in [0.2, 0.25) is 0 Å². The number of nitrogens with zero attached hydrogens (tertiary/aromatic N) is 5. The van der Waals surface area contributed by atoms with Crippen LogP contribution in [0.4, 0.5) is 5.82 Å². The fourth-order valence-corrected chi connectivity index (χ4v) is 3.38. The van der Waals surface area contributed by atoms with Crippen LogP contribution < -0.4 is 16.8 Å². The summed E-state index contributed by atoms with van der Waals surface area (Å²) in [6, 6.07) is 8.95. The van der Waals surface area contributed by atoms with Crippen LogP contribution in [-0.2, 0) is 0 Å². The molecule has 3 aromatic heterocycles. The van der Waals surface area contributed by atoms with Gasteiger partial charge in [-0.2, -0.15) is 0 Å². The number of pyridine rings is 2. The van der Waals surface area contributed by atoms with Crippen molar-refractivity contribution in [2.75, 3.05) is 0 Å². The summed E-state index contributed by atoms with van der Waals surface area (Å²) >= 11 is 0. The lowest BCUT2D eigenvalue weighted by atomic mass is 10.0. The van der Waals surface area contributed by atoms with Crippen LogP contribution in [0.3, 0.4) is 0 Å². The molecule has 0 fully saturated rings. The van der Waals surface area contributed by atoms with Gasteiger partial charge in [-0.15, -0.1) is 0 Å². The molecule has 2 unspecified atom stereocenters. The Labute approximate surface area is 212 Å². The number of amides is 1. The number of hydrogen-bond acceptors (Lipinski definition) is 7. The van der Waals surface area contributed by atoms with E-state index in [-0.39, 0.29) is 17.8 Å². The predicted octanol–water partition coefficient (Wildman–Crippen LogP) is 4.49. The molecular formula is C27H34N8O. The van der Waals surface area contributed by atoms with Gasteiger partial charge in [0, 0.05) is 41.1 Å². The molecule has 0 saturated heterocycles. The summed E-state index contributed by atoms with van der Waals surface area (Å²) in [6.07, 6.45) is 6.71. The van der Waals surface area contributed by atoms with Crippen molar-refractivity contribution in [3.05, 3.63) is 77.1 Å². The molecule has 0 spiro atoms. The number of carbonyl (C=O) groups is 1. The minimum absolute atomic E-state index is 0.209. The second-order valence-corrected chi connectivity index (χ2v) is 8.75. The molecule has 188 valence electrons. The van der Waals surface area contributed by atoms with Crippen molar-refractivity contribution < 1.29 is 4.79 Å². The molecule has 0 aliphatic heterocycles. The molecule has 3 heterocycles. The third-order valence-corrected chi connectivity index (χ3v) is 5.85. The van der Waals surface area contributed by atoms with Crippen molar-refractivity contribution in [2.45, 2.75) is 59.4 Å². The highest BCUT2D eigenvalue weighted by Gasteiger charge is 2.15. The molecule has 3 aromatic rings. The minimum atomic E-state index is -0.274. The number of carbonyl (C=O) groups excluding carboxylic acids is 1. The van der Waals surface area contributed by atoms with Crippen molar-refractivity contribution in [1.29, 1.82) is 0 Å². The average molecular weight is 487 g/mol. The second-order valence-electron chi connectivity index (χ2n) is 8.75. The molecule has 36 heavy (non-hydrogen) atoms. The second kappa shape index (κ2) is 12.0. The Hall–Kier alpha value is -4.14. The molecule has 3 rings (SSSR count). The van der Waals surface area contributed by atoms with E-state index in [1.165, 1.54) is 0 Å². The first-order valence-corrected chi connectivity index (χ1v) is 12.1. The maximum atomic E-state index is 12.8. The van der Waals surface area contributed by atoms with E-state index in [9.17, 15) is 4.79 Å². The normalized spacial score (nSPS) is 13.8. The third kappa shape index (κ3) is 6.94. The maximum absolute atomic E-state index is 12.8. The van der Waals surface area contributed by atoms with Gasteiger partial charge >= 0.3 is 0 Å². The van der Waals surface area contributed by atoms with Crippen LogP contribution in [0, 0.1) is 6.92 Å². The molecule has 9 heteroatoms. The Morgan fingerprint density at radius 3 is 2.47 bits per heavy atom. The van der Waals surface area contributed by atoms with Crippen molar-refractivity contribution >= 4 is 17.6 Å². The summed E-state index contributed by atoms with van der Waals surface area (Å²) in [7, 11) is 0. The Balaban J connectivity index is 1.73. The molecule has 9 nitrogen and oxygen atoms in total. The molecule has 0 bridgehead atoms. The molecule has 2 atom stereocenters. The van der Waals surface area contributed by atoms with Gasteiger partial charge in [-0.25, -0.2) is 15.0 Å². The fourth-order valence-electron chi connectivity index (χ4n) is 3.38. The fraction of sp³-hybridized carbons (Fsp3) is 0.333. The van der Waals surface area contributed by atoms with Crippen LogP contribution in [0.25, 0.3) is 11.4 Å². The largest absolute Gasteiger partial charge is 0.402 e. The molecule has 5 N–H and O–H groups in total. The Morgan fingerprint density at radius 1 is 1.08 bits per heavy atom. The first kappa shape index (κ1) is 26.5. The Bertz CT molecular complexity index is 1250. The monoisotopic (exact) mass is 486 g/mol. The number of allylic oxidation sites excluding steroid dienone is 1. The topological polar surface area (TPSA) is 145 Å². The van der Waals surface area contributed by atoms with E-state index in [2.05, 4.69) is 44.1 Å². The molecule has 0 saturated carbocycles. The lowest BCUT2D eigenvalue weighted by molar-refractivity contribution is 0.0935. The summed E-state index contributed by atoms with van der Waals surface area (Å²) in [6.45, 7) is 9.99. The van der Waals surface area contributed by atoms with E-state index in [0.717, 1.165) is 23.4 Å². The van der Waals surface area contributed by atoms with Crippen LogP contribution in [0.5, 0.6) is 0 Å². The average Bonchev–Trinajstić information content (AvgIpc) is 2.87. The van der Waals surface area contributed by atoms with Crippen LogP contribution in [0.1, 0.15) is 79.9 Å². The molecule has 0 aliphatic rings.